The van der Waals surface area contributed by atoms with Gasteiger partial charge < -0.3 is 10.0 Å². The normalized spacial score (nSPS) is 19.8. The molecular weight excluding hydrogens is 254 g/mol. The second-order valence-corrected chi connectivity index (χ2v) is 5.75. The van der Waals surface area contributed by atoms with Crippen LogP contribution in [0.1, 0.15) is 60.4 Å². The van der Waals surface area contributed by atoms with E-state index in [1.807, 2.05) is 6.07 Å². The molecule has 1 aliphatic carbocycles. The Labute approximate surface area is 118 Å². The smallest absolute Gasteiger partial charge is 0.335 e. The molecule has 1 aromatic rings. The van der Waals surface area contributed by atoms with Crippen LogP contribution in [0.5, 0.6) is 0 Å². The zero-order valence-electron chi connectivity index (χ0n) is 11.5. The summed E-state index contributed by atoms with van der Waals surface area (Å²) in [4.78, 5) is 24.9. The van der Waals surface area contributed by atoms with Gasteiger partial charge in [-0.05, 0) is 48.9 Å². The number of anilines is 1. The van der Waals surface area contributed by atoms with Crippen molar-refractivity contribution in [1.82, 2.24) is 0 Å². The summed E-state index contributed by atoms with van der Waals surface area (Å²) >= 11 is 0. The lowest BCUT2D eigenvalue weighted by Gasteiger charge is -2.19. The summed E-state index contributed by atoms with van der Waals surface area (Å²) in [6.45, 7) is 0.700. The minimum Gasteiger partial charge on any atom is -0.478 e. The van der Waals surface area contributed by atoms with Gasteiger partial charge >= 0.3 is 5.97 Å². The summed E-state index contributed by atoms with van der Waals surface area (Å²) in [5.41, 5.74) is 2.13. The third-order valence-corrected chi connectivity index (χ3v) is 4.40. The average Bonchev–Trinajstić information content (AvgIpc) is 3.09. The van der Waals surface area contributed by atoms with Gasteiger partial charge in [-0.3, -0.25) is 4.79 Å². The van der Waals surface area contributed by atoms with Gasteiger partial charge in [0.15, 0.2) is 0 Å². The van der Waals surface area contributed by atoms with E-state index in [9.17, 15) is 14.7 Å². The summed E-state index contributed by atoms with van der Waals surface area (Å²) < 4.78 is 0. The lowest BCUT2D eigenvalue weighted by molar-refractivity contribution is -0.117. The van der Waals surface area contributed by atoms with E-state index in [4.69, 9.17) is 0 Å². The van der Waals surface area contributed by atoms with E-state index in [1.165, 1.54) is 12.8 Å². The van der Waals surface area contributed by atoms with Crippen molar-refractivity contribution < 1.29 is 14.7 Å². The van der Waals surface area contributed by atoms with Gasteiger partial charge in [0.2, 0.25) is 5.91 Å². The van der Waals surface area contributed by atoms with Crippen molar-refractivity contribution in [2.24, 2.45) is 0 Å². The zero-order valence-corrected chi connectivity index (χ0v) is 11.5. The van der Waals surface area contributed by atoms with Gasteiger partial charge in [-0.15, -0.1) is 0 Å². The Balaban J connectivity index is 2.00. The fraction of sp³-hybridized carbons (Fsp3) is 0.500. The number of hydrogen-bond donors (Lipinski definition) is 1. The Kier molecular flexibility index (Phi) is 3.47. The molecule has 1 aliphatic heterocycles. The third-order valence-electron chi connectivity index (χ3n) is 4.40. The van der Waals surface area contributed by atoms with E-state index in [2.05, 4.69) is 0 Å². The average molecular weight is 273 g/mol. The van der Waals surface area contributed by atoms with Crippen LogP contribution in [-0.2, 0) is 4.79 Å². The van der Waals surface area contributed by atoms with Crippen molar-refractivity contribution in [3.8, 4) is 0 Å². The van der Waals surface area contributed by atoms with Gasteiger partial charge in [-0.2, -0.15) is 0 Å². The number of carbonyl (C=O) groups is 2. The Morgan fingerprint density at radius 1 is 1.15 bits per heavy atom. The maximum absolute atomic E-state index is 11.9. The number of hydrogen-bond acceptors (Lipinski definition) is 2. The van der Waals surface area contributed by atoms with E-state index >= 15 is 0 Å². The molecule has 4 nitrogen and oxygen atoms in total. The number of amides is 1. The van der Waals surface area contributed by atoms with Crippen molar-refractivity contribution >= 4 is 17.6 Å². The molecule has 0 unspecified atom stereocenters. The molecular formula is C16H19NO3. The highest BCUT2D eigenvalue weighted by molar-refractivity contribution is 5.97. The molecule has 1 saturated carbocycles. The van der Waals surface area contributed by atoms with Crippen LogP contribution in [0.3, 0.4) is 0 Å². The molecule has 3 rings (SSSR count). The predicted octanol–water partition coefficient (Wildman–Crippen LogP) is 3.17. The number of nitrogens with zero attached hydrogens (tertiary/aromatic N) is 1. The molecule has 0 aromatic heterocycles. The van der Waals surface area contributed by atoms with Crippen LogP contribution in [0.4, 0.5) is 5.69 Å². The topological polar surface area (TPSA) is 57.6 Å². The monoisotopic (exact) mass is 273 g/mol. The number of rotatable bonds is 3. The molecule has 20 heavy (non-hydrogen) atoms. The highest BCUT2D eigenvalue weighted by Gasteiger charge is 2.25. The number of carbonyl (C=O) groups excluding carboxylic acids is 1. The standard InChI is InChI=1S/C16H19NO3/c18-15-6-3-7-17(15)14-9-12(11-4-1-2-5-11)8-13(10-14)16(19)20/h8-11H,1-7H2,(H,19,20). The Bertz CT molecular complexity index is 547. The molecule has 1 amide bonds. The van der Waals surface area contributed by atoms with Crippen molar-refractivity contribution in [1.29, 1.82) is 0 Å². The summed E-state index contributed by atoms with van der Waals surface area (Å²) in [5, 5.41) is 9.28. The molecule has 1 heterocycles. The first-order valence-electron chi connectivity index (χ1n) is 7.34. The third kappa shape index (κ3) is 2.42. The van der Waals surface area contributed by atoms with Crippen molar-refractivity contribution in [3.63, 3.8) is 0 Å². The Morgan fingerprint density at radius 3 is 2.50 bits per heavy atom. The van der Waals surface area contributed by atoms with Crippen molar-refractivity contribution in [3.05, 3.63) is 29.3 Å². The van der Waals surface area contributed by atoms with E-state index < -0.39 is 5.97 Å². The number of carboxylic acid groups (broad SMARTS) is 1. The fourth-order valence-corrected chi connectivity index (χ4v) is 3.33. The predicted molar refractivity (Wildman–Crippen MR) is 76.2 cm³/mol. The van der Waals surface area contributed by atoms with Crippen LogP contribution in [-0.4, -0.2) is 23.5 Å². The molecule has 4 heteroatoms. The largest absolute Gasteiger partial charge is 0.478 e. The fourth-order valence-electron chi connectivity index (χ4n) is 3.33. The van der Waals surface area contributed by atoms with Crippen LogP contribution >= 0.6 is 0 Å². The van der Waals surface area contributed by atoms with E-state index in [0.717, 1.165) is 30.5 Å². The van der Waals surface area contributed by atoms with Crippen LogP contribution in [0, 0.1) is 0 Å². The van der Waals surface area contributed by atoms with Crippen LogP contribution in [0.15, 0.2) is 18.2 Å². The summed E-state index contributed by atoms with van der Waals surface area (Å²) in [6, 6.07) is 5.43. The first-order valence-corrected chi connectivity index (χ1v) is 7.34. The molecule has 1 aromatic carbocycles. The maximum Gasteiger partial charge on any atom is 0.335 e. The Morgan fingerprint density at radius 2 is 1.90 bits per heavy atom. The van der Waals surface area contributed by atoms with Gasteiger partial charge in [0, 0.05) is 18.7 Å². The Hall–Kier alpha value is -1.84. The van der Waals surface area contributed by atoms with E-state index in [-0.39, 0.29) is 5.91 Å². The van der Waals surface area contributed by atoms with Gasteiger partial charge in [-0.1, -0.05) is 12.8 Å². The first kappa shape index (κ1) is 13.2. The van der Waals surface area contributed by atoms with E-state index in [1.54, 1.807) is 17.0 Å². The van der Waals surface area contributed by atoms with Gasteiger partial charge in [0.1, 0.15) is 0 Å². The summed E-state index contributed by atoms with van der Waals surface area (Å²) in [5.74, 6) is -0.367. The van der Waals surface area contributed by atoms with Gasteiger partial charge in [0.25, 0.3) is 0 Å². The highest BCUT2D eigenvalue weighted by Crippen LogP contribution is 2.36. The van der Waals surface area contributed by atoms with Crippen molar-refractivity contribution in [2.75, 3.05) is 11.4 Å². The second-order valence-electron chi connectivity index (χ2n) is 5.75. The number of benzene rings is 1. The molecule has 2 fully saturated rings. The molecule has 0 radical (unpaired) electrons. The van der Waals surface area contributed by atoms with Crippen molar-refractivity contribution in [2.45, 2.75) is 44.4 Å². The van der Waals surface area contributed by atoms with Gasteiger partial charge in [-0.25, -0.2) is 4.79 Å². The lowest BCUT2D eigenvalue weighted by atomic mass is 9.95. The molecule has 106 valence electrons. The summed E-state index contributed by atoms with van der Waals surface area (Å²) in [6.07, 6.45) is 6.08. The van der Waals surface area contributed by atoms with E-state index in [0.29, 0.717) is 24.4 Å². The van der Waals surface area contributed by atoms with Crippen LogP contribution < -0.4 is 4.90 Å². The van der Waals surface area contributed by atoms with Crippen LogP contribution in [0.25, 0.3) is 0 Å². The number of aromatic carboxylic acids is 1. The molecule has 1 N–H and O–H groups in total. The molecule has 2 aliphatic rings. The SMILES string of the molecule is O=C(O)c1cc(C2CCCC2)cc(N2CCCC2=O)c1. The second kappa shape index (κ2) is 5.27. The first-order chi connectivity index (χ1) is 9.65. The van der Waals surface area contributed by atoms with Crippen LogP contribution in [0.2, 0.25) is 0 Å². The molecule has 0 spiro atoms. The highest BCUT2D eigenvalue weighted by atomic mass is 16.4. The maximum atomic E-state index is 11.9. The number of carboxylic acids is 1. The summed E-state index contributed by atoms with van der Waals surface area (Å²) in [7, 11) is 0. The minimum atomic E-state index is -0.919. The molecule has 1 saturated heterocycles. The lowest BCUT2D eigenvalue weighted by Crippen LogP contribution is -2.24. The molecule has 0 atom stereocenters. The van der Waals surface area contributed by atoms with Gasteiger partial charge in [0.05, 0.1) is 5.56 Å². The minimum absolute atomic E-state index is 0.102. The quantitative estimate of drug-likeness (QED) is 0.920. The molecule has 0 bridgehead atoms. The zero-order chi connectivity index (χ0) is 14.1.